The highest BCUT2D eigenvalue weighted by Crippen LogP contribution is 2.41. The number of hydrogen-bond acceptors (Lipinski definition) is 2. The molecule has 1 atom stereocenters. The van der Waals surface area contributed by atoms with Crippen LogP contribution in [0.1, 0.15) is 65.2 Å². The van der Waals surface area contributed by atoms with Gasteiger partial charge in [-0.25, -0.2) is 0 Å². The molecular formula is C15H24N2O. The first-order chi connectivity index (χ1) is 8.49. The summed E-state index contributed by atoms with van der Waals surface area (Å²) in [4.78, 5) is 12.5. The van der Waals surface area contributed by atoms with Gasteiger partial charge in [-0.05, 0) is 43.9 Å². The molecule has 3 heteroatoms. The van der Waals surface area contributed by atoms with Crippen LogP contribution in [-0.2, 0) is 4.79 Å². The van der Waals surface area contributed by atoms with E-state index in [1.807, 2.05) is 0 Å². The van der Waals surface area contributed by atoms with Crippen molar-refractivity contribution in [2.45, 2.75) is 70.8 Å². The summed E-state index contributed by atoms with van der Waals surface area (Å²) in [7, 11) is 0. The van der Waals surface area contributed by atoms with E-state index in [1.54, 1.807) is 0 Å². The molecule has 0 spiro atoms. The van der Waals surface area contributed by atoms with Crippen LogP contribution in [0.25, 0.3) is 0 Å². The number of rotatable bonds is 2. The summed E-state index contributed by atoms with van der Waals surface area (Å²) in [5.74, 6) is 0.195. The summed E-state index contributed by atoms with van der Waals surface area (Å²) in [5, 5.41) is 12.4. The van der Waals surface area contributed by atoms with Crippen LogP contribution in [0.3, 0.4) is 0 Å². The zero-order valence-corrected chi connectivity index (χ0v) is 11.6. The van der Waals surface area contributed by atoms with Gasteiger partial charge >= 0.3 is 0 Å². The quantitative estimate of drug-likeness (QED) is 0.816. The third kappa shape index (κ3) is 2.53. The van der Waals surface area contributed by atoms with Crippen LogP contribution < -0.4 is 5.32 Å². The van der Waals surface area contributed by atoms with Crippen molar-refractivity contribution < 1.29 is 4.79 Å². The molecule has 2 fully saturated rings. The zero-order valence-electron chi connectivity index (χ0n) is 11.6. The smallest absolute Gasteiger partial charge is 0.224 e. The van der Waals surface area contributed by atoms with Gasteiger partial charge in [0.15, 0.2) is 0 Å². The van der Waals surface area contributed by atoms with E-state index in [-0.39, 0.29) is 17.2 Å². The standard InChI is InChI=1S/C15H24N2O/c1-14(2)8-4-3-7-12(14)13(18)17-15(11-16)9-5-6-10-15/h12H,3-10H2,1-2H3,(H,17,18). The average molecular weight is 248 g/mol. The normalized spacial score (nSPS) is 29.5. The number of carbonyl (C=O) groups is 1. The molecule has 3 nitrogen and oxygen atoms in total. The number of amides is 1. The van der Waals surface area contributed by atoms with Crippen molar-refractivity contribution >= 4 is 5.91 Å². The van der Waals surface area contributed by atoms with E-state index in [9.17, 15) is 10.1 Å². The minimum Gasteiger partial charge on any atom is -0.338 e. The third-order valence-corrected chi connectivity index (χ3v) is 4.86. The summed E-state index contributed by atoms with van der Waals surface area (Å²) in [5.41, 5.74) is -0.484. The van der Waals surface area contributed by atoms with Crippen LogP contribution in [0.2, 0.25) is 0 Å². The molecule has 0 bridgehead atoms. The van der Waals surface area contributed by atoms with E-state index in [1.165, 1.54) is 6.42 Å². The monoisotopic (exact) mass is 248 g/mol. The van der Waals surface area contributed by atoms with Gasteiger partial charge in [-0.3, -0.25) is 4.79 Å². The second kappa shape index (κ2) is 4.91. The van der Waals surface area contributed by atoms with Crippen molar-refractivity contribution in [3.8, 4) is 6.07 Å². The Bertz CT molecular complexity index is 361. The van der Waals surface area contributed by atoms with Crippen LogP contribution in [-0.4, -0.2) is 11.4 Å². The molecule has 0 aromatic carbocycles. The van der Waals surface area contributed by atoms with Crippen LogP contribution in [0.4, 0.5) is 0 Å². The molecule has 2 saturated carbocycles. The predicted octanol–water partition coefficient (Wildman–Crippen LogP) is 3.16. The van der Waals surface area contributed by atoms with Crippen LogP contribution >= 0.6 is 0 Å². The minimum absolute atomic E-state index is 0.0806. The highest BCUT2D eigenvalue weighted by molar-refractivity contribution is 5.80. The lowest BCUT2D eigenvalue weighted by Crippen LogP contribution is -2.50. The van der Waals surface area contributed by atoms with E-state index in [0.717, 1.165) is 44.9 Å². The SMILES string of the molecule is CC1(C)CCCCC1C(=O)NC1(C#N)CCCC1. The van der Waals surface area contributed by atoms with E-state index < -0.39 is 5.54 Å². The molecule has 100 valence electrons. The van der Waals surface area contributed by atoms with Gasteiger partial charge in [0.2, 0.25) is 5.91 Å². The van der Waals surface area contributed by atoms with Crippen LogP contribution in [0, 0.1) is 22.7 Å². The maximum absolute atomic E-state index is 12.5. The molecule has 2 rings (SSSR count). The Labute approximate surface area is 110 Å². The Kier molecular flexibility index (Phi) is 3.66. The van der Waals surface area contributed by atoms with E-state index in [0.29, 0.717) is 0 Å². The molecule has 0 radical (unpaired) electrons. The number of carbonyl (C=O) groups excluding carboxylic acids is 1. The zero-order chi connectivity index (χ0) is 13.2. The first kappa shape index (κ1) is 13.4. The van der Waals surface area contributed by atoms with Crippen molar-refractivity contribution in [1.82, 2.24) is 5.32 Å². The fourth-order valence-corrected chi connectivity index (χ4v) is 3.55. The Morgan fingerprint density at radius 2 is 1.78 bits per heavy atom. The molecule has 1 unspecified atom stereocenters. The lowest BCUT2D eigenvalue weighted by atomic mass is 9.68. The summed E-state index contributed by atoms with van der Waals surface area (Å²) in [6.45, 7) is 4.37. The second-order valence-electron chi connectivity index (χ2n) is 6.68. The Hall–Kier alpha value is -1.04. The lowest BCUT2D eigenvalue weighted by Gasteiger charge is -2.39. The van der Waals surface area contributed by atoms with Gasteiger partial charge in [0.05, 0.1) is 6.07 Å². The van der Waals surface area contributed by atoms with Crippen LogP contribution in [0.5, 0.6) is 0 Å². The molecule has 1 amide bonds. The lowest BCUT2D eigenvalue weighted by molar-refractivity contribution is -0.131. The summed E-state index contributed by atoms with van der Waals surface area (Å²) >= 11 is 0. The summed E-state index contributed by atoms with van der Waals surface area (Å²) in [6.07, 6.45) is 8.21. The van der Waals surface area contributed by atoms with Gasteiger partial charge in [0.1, 0.15) is 5.54 Å². The van der Waals surface area contributed by atoms with E-state index in [2.05, 4.69) is 25.2 Å². The molecule has 2 aliphatic carbocycles. The molecule has 2 aliphatic rings. The van der Waals surface area contributed by atoms with E-state index in [4.69, 9.17) is 0 Å². The molecule has 0 aromatic heterocycles. The number of nitrogens with one attached hydrogen (secondary N) is 1. The van der Waals surface area contributed by atoms with Crippen molar-refractivity contribution in [2.24, 2.45) is 11.3 Å². The van der Waals surface area contributed by atoms with Crippen LogP contribution in [0.15, 0.2) is 0 Å². The topological polar surface area (TPSA) is 52.9 Å². The first-order valence-electron chi connectivity index (χ1n) is 7.22. The maximum Gasteiger partial charge on any atom is 0.224 e. The first-order valence-corrected chi connectivity index (χ1v) is 7.22. The number of nitriles is 1. The van der Waals surface area contributed by atoms with Crippen molar-refractivity contribution in [2.75, 3.05) is 0 Å². The number of hydrogen-bond donors (Lipinski definition) is 1. The molecule has 1 N–H and O–H groups in total. The average Bonchev–Trinajstić information content (AvgIpc) is 2.77. The largest absolute Gasteiger partial charge is 0.338 e. The highest BCUT2D eigenvalue weighted by atomic mass is 16.2. The van der Waals surface area contributed by atoms with E-state index >= 15 is 0 Å². The van der Waals surface area contributed by atoms with Gasteiger partial charge in [-0.1, -0.05) is 26.7 Å². The van der Waals surface area contributed by atoms with Gasteiger partial charge in [0, 0.05) is 5.92 Å². The van der Waals surface area contributed by atoms with Crippen molar-refractivity contribution in [1.29, 1.82) is 5.26 Å². The fraction of sp³-hybridized carbons (Fsp3) is 0.867. The molecule has 0 heterocycles. The van der Waals surface area contributed by atoms with Gasteiger partial charge in [-0.15, -0.1) is 0 Å². The van der Waals surface area contributed by atoms with Gasteiger partial charge < -0.3 is 5.32 Å². The fourth-order valence-electron chi connectivity index (χ4n) is 3.55. The van der Waals surface area contributed by atoms with Crippen molar-refractivity contribution in [3.63, 3.8) is 0 Å². The number of nitrogens with zero attached hydrogens (tertiary/aromatic N) is 1. The predicted molar refractivity (Wildman–Crippen MR) is 70.7 cm³/mol. The Balaban J connectivity index is 2.05. The molecular weight excluding hydrogens is 224 g/mol. The van der Waals surface area contributed by atoms with Gasteiger partial charge in [-0.2, -0.15) is 5.26 Å². The third-order valence-electron chi connectivity index (χ3n) is 4.86. The summed E-state index contributed by atoms with van der Waals surface area (Å²) < 4.78 is 0. The van der Waals surface area contributed by atoms with Crippen molar-refractivity contribution in [3.05, 3.63) is 0 Å². The highest BCUT2D eigenvalue weighted by Gasteiger charge is 2.42. The molecule has 18 heavy (non-hydrogen) atoms. The molecule has 0 saturated heterocycles. The Morgan fingerprint density at radius 3 is 2.33 bits per heavy atom. The Morgan fingerprint density at radius 1 is 1.17 bits per heavy atom. The summed E-state index contributed by atoms with van der Waals surface area (Å²) in [6, 6.07) is 2.34. The molecule has 0 aromatic rings. The second-order valence-corrected chi connectivity index (χ2v) is 6.68. The molecule has 0 aliphatic heterocycles. The maximum atomic E-state index is 12.5. The van der Waals surface area contributed by atoms with Gasteiger partial charge in [0.25, 0.3) is 0 Å². The minimum atomic E-state index is -0.565.